The summed E-state index contributed by atoms with van der Waals surface area (Å²) in [6.07, 6.45) is 5.79. The first-order valence-corrected chi connectivity index (χ1v) is 6.25. The molecule has 4 nitrogen and oxygen atoms in total. The first kappa shape index (κ1) is 12.7. The minimum atomic E-state index is -0.911. The monoisotopic (exact) mass is 275 g/mol. The number of nitrogens with one attached hydrogen (secondary N) is 1. The van der Waals surface area contributed by atoms with Gasteiger partial charge in [0.2, 0.25) is 5.91 Å². The normalized spacial score (nSPS) is 27.5. The summed E-state index contributed by atoms with van der Waals surface area (Å²) in [6.45, 7) is 4.40. The van der Waals surface area contributed by atoms with E-state index in [0.29, 0.717) is 13.0 Å². The van der Waals surface area contributed by atoms with Gasteiger partial charge in [0.15, 0.2) is 0 Å². The molecule has 0 spiro atoms. The Morgan fingerprint density at radius 3 is 2.76 bits per heavy atom. The van der Waals surface area contributed by atoms with Gasteiger partial charge in [-0.2, -0.15) is 0 Å². The van der Waals surface area contributed by atoms with Crippen LogP contribution in [0.2, 0.25) is 0 Å². The molecule has 1 aromatic rings. The third-order valence-electron chi connectivity index (χ3n) is 3.18. The van der Waals surface area contributed by atoms with E-state index < -0.39 is 9.75 Å². The molecule has 0 aliphatic heterocycles. The summed E-state index contributed by atoms with van der Waals surface area (Å²) in [5, 5.41) is 2.92. The number of alkyl halides is 2. The summed E-state index contributed by atoms with van der Waals surface area (Å²) < 4.78 is 1.00. The summed E-state index contributed by atoms with van der Waals surface area (Å²) in [5.41, 5.74) is -0.653. The second-order valence-electron chi connectivity index (χ2n) is 4.85. The maximum atomic E-state index is 12.0. The fourth-order valence-corrected chi connectivity index (χ4v) is 2.49. The molecule has 0 saturated heterocycles. The van der Waals surface area contributed by atoms with Crippen molar-refractivity contribution in [1.82, 2.24) is 14.9 Å². The van der Waals surface area contributed by atoms with Crippen LogP contribution in [0.15, 0.2) is 18.7 Å². The van der Waals surface area contributed by atoms with Gasteiger partial charge in [0, 0.05) is 25.0 Å². The highest BCUT2D eigenvalue weighted by atomic mass is 35.5. The Bertz CT molecular complexity index is 418. The van der Waals surface area contributed by atoms with Crippen LogP contribution in [0, 0.1) is 5.41 Å². The molecule has 1 aromatic heterocycles. The number of aromatic nitrogens is 2. The van der Waals surface area contributed by atoms with Gasteiger partial charge < -0.3 is 9.88 Å². The molecule has 0 bridgehead atoms. The van der Waals surface area contributed by atoms with Gasteiger partial charge in [-0.05, 0) is 20.3 Å². The fraction of sp³-hybridized carbons (Fsp3) is 0.636. The Morgan fingerprint density at radius 1 is 1.65 bits per heavy atom. The molecule has 1 amide bonds. The van der Waals surface area contributed by atoms with E-state index in [9.17, 15) is 4.79 Å². The number of halogens is 2. The Hall–Kier alpha value is -0.740. The van der Waals surface area contributed by atoms with Crippen LogP contribution >= 0.6 is 23.2 Å². The van der Waals surface area contributed by atoms with E-state index in [0.717, 1.165) is 0 Å². The van der Waals surface area contributed by atoms with Crippen LogP contribution in [0.3, 0.4) is 0 Å². The number of imidazole rings is 1. The summed E-state index contributed by atoms with van der Waals surface area (Å²) in [6, 6.07) is 0.0123. The van der Waals surface area contributed by atoms with E-state index in [1.54, 1.807) is 19.4 Å². The van der Waals surface area contributed by atoms with Gasteiger partial charge >= 0.3 is 0 Å². The van der Waals surface area contributed by atoms with Gasteiger partial charge in [0.25, 0.3) is 0 Å². The molecule has 1 aliphatic rings. The van der Waals surface area contributed by atoms with Crippen LogP contribution < -0.4 is 5.32 Å². The van der Waals surface area contributed by atoms with Gasteiger partial charge in [-0.25, -0.2) is 4.98 Å². The quantitative estimate of drug-likeness (QED) is 0.855. The summed E-state index contributed by atoms with van der Waals surface area (Å²) in [4.78, 5) is 15.9. The van der Waals surface area contributed by atoms with Gasteiger partial charge in [-0.1, -0.05) is 0 Å². The van der Waals surface area contributed by atoms with Crippen molar-refractivity contribution in [2.45, 2.75) is 37.2 Å². The fourth-order valence-electron chi connectivity index (χ4n) is 1.79. The van der Waals surface area contributed by atoms with Crippen LogP contribution in [0.25, 0.3) is 0 Å². The number of carbonyl (C=O) groups excluding carboxylic acids is 1. The molecule has 1 saturated carbocycles. The standard InChI is InChI=1S/C11H15Cl2N3O/c1-8(5-16-4-3-14-7-16)15-9(17)10(2)6-11(10,12)13/h3-4,7-8H,5-6H2,1-2H3,(H,15,17)/t8-,10-/m1/s1. The van der Waals surface area contributed by atoms with Crippen molar-refractivity contribution in [3.63, 3.8) is 0 Å². The second kappa shape index (κ2) is 4.18. The summed E-state index contributed by atoms with van der Waals surface area (Å²) in [5.74, 6) is -0.0879. The lowest BCUT2D eigenvalue weighted by molar-refractivity contribution is -0.126. The third kappa shape index (κ3) is 2.43. The third-order valence-corrected chi connectivity index (χ3v) is 4.28. The van der Waals surface area contributed by atoms with E-state index in [1.807, 2.05) is 17.7 Å². The second-order valence-corrected chi connectivity index (χ2v) is 6.33. The van der Waals surface area contributed by atoms with Crippen molar-refractivity contribution < 1.29 is 4.79 Å². The maximum Gasteiger partial charge on any atom is 0.229 e. The molecule has 1 aliphatic carbocycles. The minimum absolute atomic E-state index is 0.0123. The Labute approximate surface area is 110 Å². The largest absolute Gasteiger partial charge is 0.351 e. The number of hydrogen-bond acceptors (Lipinski definition) is 2. The zero-order chi connectivity index (χ0) is 12.7. The molecule has 1 heterocycles. The molecular formula is C11H15Cl2N3O. The zero-order valence-electron chi connectivity index (χ0n) is 9.78. The minimum Gasteiger partial charge on any atom is -0.351 e. The average molecular weight is 276 g/mol. The lowest BCUT2D eigenvalue weighted by Gasteiger charge is -2.18. The predicted molar refractivity (Wildman–Crippen MR) is 67.0 cm³/mol. The molecule has 2 atom stereocenters. The lowest BCUT2D eigenvalue weighted by Crippen LogP contribution is -2.41. The Kier molecular flexibility index (Phi) is 3.12. The van der Waals surface area contributed by atoms with Crippen molar-refractivity contribution >= 4 is 29.1 Å². The highest BCUT2D eigenvalue weighted by Crippen LogP contribution is 2.63. The van der Waals surface area contributed by atoms with Crippen molar-refractivity contribution in [2.24, 2.45) is 5.41 Å². The maximum absolute atomic E-state index is 12.0. The number of carbonyl (C=O) groups is 1. The van der Waals surface area contributed by atoms with E-state index in [-0.39, 0.29) is 11.9 Å². The molecular weight excluding hydrogens is 261 g/mol. The molecule has 6 heteroatoms. The summed E-state index contributed by atoms with van der Waals surface area (Å²) in [7, 11) is 0. The Morgan fingerprint density at radius 2 is 2.29 bits per heavy atom. The van der Waals surface area contributed by atoms with E-state index in [1.165, 1.54) is 0 Å². The highest BCUT2D eigenvalue weighted by molar-refractivity contribution is 6.53. The molecule has 2 rings (SSSR count). The van der Waals surface area contributed by atoms with Gasteiger partial charge in [0.05, 0.1) is 11.7 Å². The highest BCUT2D eigenvalue weighted by Gasteiger charge is 2.67. The molecule has 0 unspecified atom stereocenters. The van der Waals surface area contributed by atoms with E-state index in [2.05, 4.69) is 10.3 Å². The van der Waals surface area contributed by atoms with Crippen molar-refractivity contribution in [3.05, 3.63) is 18.7 Å². The average Bonchev–Trinajstić information content (AvgIpc) is 2.64. The van der Waals surface area contributed by atoms with E-state index in [4.69, 9.17) is 23.2 Å². The summed E-state index contributed by atoms with van der Waals surface area (Å²) >= 11 is 11.9. The zero-order valence-corrected chi connectivity index (χ0v) is 11.3. The Balaban J connectivity index is 1.88. The first-order chi connectivity index (χ1) is 7.85. The molecule has 94 valence electrons. The van der Waals surface area contributed by atoms with Crippen LogP contribution in [0.4, 0.5) is 0 Å². The van der Waals surface area contributed by atoms with Crippen molar-refractivity contribution in [2.75, 3.05) is 0 Å². The van der Waals surface area contributed by atoms with E-state index >= 15 is 0 Å². The van der Waals surface area contributed by atoms with Crippen LogP contribution in [0.5, 0.6) is 0 Å². The first-order valence-electron chi connectivity index (χ1n) is 5.50. The van der Waals surface area contributed by atoms with Crippen LogP contribution in [0.1, 0.15) is 20.3 Å². The van der Waals surface area contributed by atoms with Gasteiger partial charge in [-0.3, -0.25) is 4.79 Å². The number of nitrogens with zero attached hydrogens (tertiary/aromatic N) is 2. The number of hydrogen-bond donors (Lipinski definition) is 1. The molecule has 1 N–H and O–H groups in total. The van der Waals surface area contributed by atoms with Crippen LogP contribution in [-0.2, 0) is 11.3 Å². The molecule has 0 aromatic carbocycles. The smallest absolute Gasteiger partial charge is 0.229 e. The lowest BCUT2D eigenvalue weighted by atomic mass is 10.1. The van der Waals surface area contributed by atoms with Crippen LogP contribution in [-0.4, -0.2) is 25.8 Å². The molecule has 17 heavy (non-hydrogen) atoms. The van der Waals surface area contributed by atoms with Gasteiger partial charge in [0.1, 0.15) is 4.33 Å². The number of rotatable bonds is 4. The SMILES string of the molecule is C[C@H](Cn1ccnc1)NC(=O)[C@@]1(C)CC1(Cl)Cl. The molecule has 0 radical (unpaired) electrons. The number of amides is 1. The van der Waals surface area contributed by atoms with Crippen molar-refractivity contribution in [1.29, 1.82) is 0 Å². The predicted octanol–water partition coefficient (Wildman–Crippen LogP) is 1.97. The van der Waals surface area contributed by atoms with Crippen molar-refractivity contribution in [3.8, 4) is 0 Å². The topological polar surface area (TPSA) is 46.9 Å². The van der Waals surface area contributed by atoms with Gasteiger partial charge in [-0.15, -0.1) is 23.2 Å². The molecule has 1 fully saturated rings.